The number of hydrogen-bond donors (Lipinski definition) is 2. The van der Waals surface area contributed by atoms with Crippen LogP contribution in [0.1, 0.15) is 92.2 Å². The molecule has 11 heteroatoms. The van der Waals surface area contributed by atoms with Crippen molar-refractivity contribution < 1.29 is 33.8 Å². The van der Waals surface area contributed by atoms with Crippen molar-refractivity contribution in [2.75, 3.05) is 13.2 Å². The minimum Gasteiger partial charge on any atom is -0.455 e. The van der Waals surface area contributed by atoms with Crippen LogP contribution in [0.25, 0.3) is 0 Å². The second kappa shape index (κ2) is 15.7. The van der Waals surface area contributed by atoms with Gasteiger partial charge in [-0.1, -0.05) is 86.1 Å². The number of nitrogens with one attached hydrogen (secondary N) is 1. The molecule has 1 aromatic rings. The Morgan fingerprint density at radius 2 is 1.84 bits per heavy atom. The number of esters is 1. The number of nitrogens with zero attached hydrogens (tertiary/aromatic N) is 2. The Kier molecular flexibility index (Phi) is 12.5. The maximum atomic E-state index is 15.0. The molecule has 0 aromatic heterocycles. The minimum absolute atomic E-state index is 0.109. The van der Waals surface area contributed by atoms with E-state index < -0.39 is 65.2 Å². The first-order chi connectivity index (χ1) is 23.5. The van der Waals surface area contributed by atoms with Gasteiger partial charge < -0.3 is 29.7 Å². The van der Waals surface area contributed by atoms with Crippen molar-refractivity contribution in [1.29, 1.82) is 0 Å². The number of allylic oxidation sites excluding steroid dienone is 1. The molecule has 0 saturated carbocycles. The number of carbonyl (C=O) groups is 4. The number of carbonyl (C=O) groups excluding carboxylic acids is 4. The SMILES string of the molecule is C=CCCC(=O)N[C@H](C)[C@@H](OC(=O)[C@H]1[C@@H]2O[C@@]3(CC2Br)[C@@H]1C(=O)N([C@@H](CC)CO)[C@@H]3C(=O)N(CC=C)C(C)(C)CC(C)(C)C)c1ccccc1. The van der Waals surface area contributed by atoms with Gasteiger partial charge >= 0.3 is 5.97 Å². The highest BCUT2D eigenvalue weighted by Crippen LogP contribution is 2.61. The molecule has 4 rings (SSSR count). The number of aliphatic hydroxyl groups is 1. The number of fused-ring (bicyclic) bond motifs is 1. The predicted octanol–water partition coefficient (Wildman–Crippen LogP) is 5.49. The molecule has 3 amide bonds. The van der Waals surface area contributed by atoms with Gasteiger partial charge in [0.05, 0.1) is 36.6 Å². The molecule has 3 heterocycles. The lowest BCUT2D eigenvalue weighted by atomic mass is 9.70. The van der Waals surface area contributed by atoms with Crippen molar-refractivity contribution in [3.05, 3.63) is 61.2 Å². The molecule has 1 spiro atoms. The van der Waals surface area contributed by atoms with Crippen molar-refractivity contribution >= 4 is 39.6 Å². The molecule has 2 bridgehead atoms. The van der Waals surface area contributed by atoms with Gasteiger partial charge in [0.25, 0.3) is 0 Å². The van der Waals surface area contributed by atoms with Crippen LogP contribution in [-0.2, 0) is 28.7 Å². The number of alkyl halides is 1. The lowest BCUT2D eigenvalue weighted by Crippen LogP contribution is -2.62. The molecule has 3 aliphatic rings. The maximum absolute atomic E-state index is 15.0. The Balaban J connectivity index is 1.76. The van der Waals surface area contributed by atoms with Crippen LogP contribution >= 0.6 is 15.9 Å². The predicted molar refractivity (Wildman–Crippen MR) is 196 cm³/mol. The molecule has 9 atom stereocenters. The summed E-state index contributed by atoms with van der Waals surface area (Å²) in [7, 11) is 0. The second-order valence-corrected chi connectivity index (χ2v) is 17.1. The molecule has 276 valence electrons. The van der Waals surface area contributed by atoms with Crippen molar-refractivity contribution in [2.24, 2.45) is 17.3 Å². The number of amides is 3. The number of halogens is 1. The summed E-state index contributed by atoms with van der Waals surface area (Å²) in [6.45, 7) is 21.5. The lowest BCUT2D eigenvalue weighted by molar-refractivity contribution is -0.163. The van der Waals surface area contributed by atoms with Crippen molar-refractivity contribution in [1.82, 2.24) is 15.1 Å². The highest BCUT2D eigenvalue weighted by molar-refractivity contribution is 9.09. The number of ether oxygens (including phenoxy) is 2. The monoisotopic (exact) mass is 757 g/mol. The summed E-state index contributed by atoms with van der Waals surface area (Å²) in [5, 5.41) is 13.5. The number of hydrogen-bond acceptors (Lipinski definition) is 7. The average molecular weight is 759 g/mol. The van der Waals surface area contributed by atoms with Gasteiger partial charge in [0.15, 0.2) is 0 Å². The van der Waals surface area contributed by atoms with E-state index in [4.69, 9.17) is 9.47 Å². The zero-order valence-corrected chi connectivity index (χ0v) is 32.3. The fourth-order valence-electron chi connectivity index (χ4n) is 8.67. The van der Waals surface area contributed by atoms with Gasteiger partial charge in [-0.25, -0.2) is 0 Å². The molecular weight excluding hydrogens is 702 g/mol. The summed E-state index contributed by atoms with van der Waals surface area (Å²) in [6.07, 6.45) is 3.93. The maximum Gasteiger partial charge on any atom is 0.313 e. The normalized spacial score (nSPS) is 27.7. The van der Waals surface area contributed by atoms with E-state index in [1.165, 1.54) is 4.90 Å². The van der Waals surface area contributed by atoms with E-state index in [0.29, 0.717) is 31.2 Å². The van der Waals surface area contributed by atoms with Crippen molar-refractivity contribution in [3.63, 3.8) is 0 Å². The van der Waals surface area contributed by atoms with Crippen LogP contribution in [0.2, 0.25) is 0 Å². The van der Waals surface area contributed by atoms with E-state index in [0.717, 1.165) is 0 Å². The summed E-state index contributed by atoms with van der Waals surface area (Å²) >= 11 is 3.75. The van der Waals surface area contributed by atoms with Crippen molar-refractivity contribution in [2.45, 2.75) is 127 Å². The van der Waals surface area contributed by atoms with Crippen LogP contribution < -0.4 is 5.32 Å². The summed E-state index contributed by atoms with van der Waals surface area (Å²) in [4.78, 5) is 59.9. The first-order valence-corrected chi connectivity index (χ1v) is 18.7. The Bertz CT molecular complexity index is 1420. The summed E-state index contributed by atoms with van der Waals surface area (Å²) < 4.78 is 13.0. The van der Waals surface area contributed by atoms with Crippen LogP contribution in [0.3, 0.4) is 0 Å². The van der Waals surface area contributed by atoms with Gasteiger partial charge in [0.2, 0.25) is 17.7 Å². The van der Waals surface area contributed by atoms with Gasteiger partial charge in [-0.2, -0.15) is 0 Å². The second-order valence-electron chi connectivity index (χ2n) is 15.9. The Hall–Kier alpha value is -3.02. The third-order valence-electron chi connectivity index (χ3n) is 10.4. The molecular formula is C39H56BrN3O7. The van der Waals surface area contributed by atoms with Crippen LogP contribution in [0.15, 0.2) is 55.6 Å². The van der Waals surface area contributed by atoms with E-state index in [-0.39, 0.29) is 41.6 Å². The lowest BCUT2D eigenvalue weighted by Gasteiger charge is -2.46. The van der Waals surface area contributed by atoms with Gasteiger partial charge in [0.1, 0.15) is 17.7 Å². The van der Waals surface area contributed by atoms with E-state index >= 15 is 4.79 Å². The Labute approximate surface area is 306 Å². The highest BCUT2D eigenvalue weighted by Gasteiger charge is 2.77. The molecule has 0 aliphatic carbocycles. The number of rotatable bonds is 16. The molecule has 3 fully saturated rings. The first kappa shape index (κ1) is 39.8. The van der Waals surface area contributed by atoms with Gasteiger partial charge in [-0.3, -0.25) is 19.2 Å². The zero-order valence-electron chi connectivity index (χ0n) is 30.7. The van der Waals surface area contributed by atoms with Gasteiger partial charge in [-0.15, -0.1) is 13.2 Å². The van der Waals surface area contributed by atoms with E-state index in [1.54, 1.807) is 24.0 Å². The van der Waals surface area contributed by atoms with Gasteiger partial charge in [-0.05, 0) is 57.4 Å². The molecule has 10 nitrogen and oxygen atoms in total. The van der Waals surface area contributed by atoms with E-state index in [1.807, 2.05) is 51.1 Å². The fraction of sp³-hybridized carbons (Fsp3) is 0.641. The Morgan fingerprint density at radius 3 is 2.40 bits per heavy atom. The topological polar surface area (TPSA) is 125 Å². The van der Waals surface area contributed by atoms with Crippen LogP contribution in [-0.4, -0.2) is 91.9 Å². The smallest absolute Gasteiger partial charge is 0.313 e. The molecule has 1 unspecified atom stereocenters. The summed E-state index contributed by atoms with van der Waals surface area (Å²) in [5.41, 5.74) is -1.37. The third-order valence-corrected chi connectivity index (χ3v) is 11.2. The van der Waals surface area contributed by atoms with Crippen LogP contribution in [0.4, 0.5) is 0 Å². The summed E-state index contributed by atoms with van der Waals surface area (Å²) in [5.74, 6) is -3.57. The van der Waals surface area contributed by atoms with Crippen LogP contribution in [0, 0.1) is 17.3 Å². The molecule has 1 aromatic carbocycles. The largest absolute Gasteiger partial charge is 0.455 e. The Morgan fingerprint density at radius 1 is 1.18 bits per heavy atom. The van der Waals surface area contributed by atoms with Crippen molar-refractivity contribution in [3.8, 4) is 0 Å². The zero-order chi connectivity index (χ0) is 37.2. The molecule has 3 aliphatic heterocycles. The van der Waals surface area contributed by atoms with Gasteiger partial charge in [0, 0.05) is 23.3 Å². The van der Waals surface area contributed by atoms with Crippen LogP contribution in [0.5, 0.6) is 0 Å². The fourth-order valence-corrected chi connectivity index (χ4v) is 9.61. The molecule has 0 radical (unpaired) electrons. The highest BCUT2D eigenvalue weighted by atomic mass is 79.9. The number of aliphatic hydroxyl groups excluding tert-OH is 1. The minimum atomic E-state index is -1.33. The third kappa shape index (κ3) is 7.75. The standard InChI is InChI=1S/C39H56BrN3O7/c1-10-13-19-28(45)41-24(4)31(25-17-15-14-16-18-25)49-36(48)29-30-34(46)43(26(12-3)22-44)33(39(30)21-27(40)32(29)50-39)35(47)42(20-11-2)38(8,9)23-37(5,6)7/h10-11,14-18,24,26-27,29-33,44H,1-2,12-13,19-23H2,3-9H3,(H,41,45)/t24-,26+,27?,29-,30+,31-,32-,33-,39+/m1/s1. The number of benzene rings is 1. The van der Waals surface area contributed by atoms with E-state index in [9.17, 15) is 19.5 Å². The average Bonchev–Trinajstić information content (AvgIpc) is 3.64. The first-order valence-electron chi connectivity index (χ1n) is 17.8. The molecule has 3 saturated heterocycles. The molecule has 50 heavy (non-hydrogen) atoms. The quantitative estimate of drug-likeness (QED) is 0.130. The number of likely N-dealkylation sites (tertiary alicyclic amines) is 1. The molecule has 2 N–H and O–H groups in total. The summed E-state index contributed by atoms with van der Waals surface area (Å²) in [6, 6.07) is 6.84. The van der Waals surface area contributed by atoms with E-state index in [2.05, 4.69) is 55.2 Å².